The maximum Gasteiger partial charge on any atom is 0.282 e. The normalized spacial score (nSPS) is 22.2. The average molecular weight is 402 g/mol. The van der Waals surface area contributed by atoms with E-state index >= 15 is 0 Å². The first-order valence-corrected chi connectivity index (χ1v) is 10.5. The number of carbonyl (C=O) groups is 1. The molecule has 0 aromatic heterocycles. The first-order valence-electron chi connectivity index (χ1n) is 10.1. The van der Waals surface area contributed by atoms with Gasteiger partial charge in [0.15, 0.2) is 6.04 Å². The zero-order valence-corrected chi connectivity index (χ0v) is 17.0. The van der Waals surface area contributed by atoms with Gasteiger partial charge >= 0.3 is 0 Å². The van der Waals surface area contributed by atoms with Gasteiger partial charge < -0.3 is 19.9 Å². The molecule has 0 radical (unpaired) electrons. The molecule has 0 spiro atoms. The number of hydrogen-bond donors (Lipinski definition) is 3. The molecule has 4 rings (SSSR count). The lowest BCUT2D eigenvalue weighted by Crippen LogP contribution is -3.29. The fraction of sp³-hybridized carbons (Fsp3) is 0.409. The lowest BCUT2D eigenvalue weighted by Gasteiger charge is -2.32. The van der Waals surface area contributed by atoms with Crippen LogP contribution in [0.2, 0.25) is 5.02 Å². The van der Waals surface area contributed by atoms with Crippen LogP contribution in [0.5, 0.6) is 5.75 Å². The molecule has 148 valence electrons. The van der Waals surface area contributed by atoms with Crippen LogP contribution in [0.1, 0.15) is 18.1 Å². The molecule has 0 aliphatic carbocycles. The van der Waals surface area contributed by atoms with Crippen molar-refractivity contribution >= 4 is 23.2 Å². The molecule has 5 nitrogen and oxygen atoms in total. The first kappa shape index (κ1) is 19.2. The molecule has 2 aliphatic rings. The van der Waals surface area contributed by atoms with E-state index in [0.717, 1.165) is 57.2 Å². The topological polar surface area (TPSA) is 47.2 Å². The summed E-state index contributed by atoms with van der Waals surface area (Å²) in [7, 11) is 0. The van der Waals surface area contributed by atoms with Crippen LogP contribution in [0.25, 0.3) is 0 Å². The number of quaternary nitrogens is 2. The van der Waals surface area contributed by atoms with Gasteiger partial charge in [0.05, 0.1) is 6.61 Å². The van der Waals surface area contributed by atoms with Gasteiger partial charge in [-0.15, -0.1) is 0 Å². The highest BCUT2D eigenvalue weighted by Gasteiger charge is 2.31. The number of fused-ring (bicyclic) bond motifs is 1. The van der Waals surface area contributed by atoms with Crippen LogP contribution in [0.4, 0.5) is 5.69 Å². The minimum absolute atomic E-state index is 0.0608. The summed E-state index contributed by atoms with van der Waals surface area (Å²) in [5, 5.41) is 3.68. The van der Waals surface area contributed by atoms with Crippen LogP contribution in [-0.4, -0.2) is 44.7 Å². The Balaban J connectivity index is 1.27. The molecule has 6 heteroatoms. The van der Waals surface area contributed by atoms with Crippen molar-refractivity contribution < 1.29 is 19.3 Å². The number of rotatable bonds is 5. The number of anilines is 1. The van der Waals surface area contributed by atoms with Gasteiger partial charge in [-0.25, -0.2) is 0 Å². The number of carbonyl (C=O) groups excluding carboxylic acids is 1. The molecule has 1 amide bonds. The summed E-state index contributed by atoms with van der Waals surface area (Å²) in [6.45, 7) is 8.07. The Bertz CT molecular complexity index is 832. The fourth-order valence-corrected chi connectivity index (χ4v) is 4.27. The maximum absolute atomic E-state index is 12.6. The van der Waals surface area contributed by atoms with E-state index in [2.05, 4.69) is 23.5 Å². The molecule has 2 heterocycles. The molecule has 2 aromatic carbocycles. The SMILES string of the molecule is C[C@@H](C(=O)Nc1ccc(Cl)cc1)[NH+]1CC[NH+](Cc2ccc3c(c2)CCO3)CC1. The molecular formula is C22H28ClN3O2+2. The van der Waals surface area contributed by atoms with Gasteiger partial charge in [0.2, 0.25) is 0 Å². The Hall–Kier alpha value is -2.08. The summed E-state index contributed by atoms with van der Waals surface area (Å²) in [5.41, 5.74) is 3.52. The van der Waals surface area contributed by atoms with Crippen molar-refractivity contribution in [3.05, 3.63) is 58.6 Å². The number of halogens is 1. The number of piperazine rings is 1. The Labute approximate surface area is 171 Å². The first-order chi connectivity index (χ1) is 13.6. The maximum atomic E-state index is 12.6. The highest BCUT2D eigenvalue weighted by Crippen LogP contribution is 2.25. The van der Waals surface area contributed by atoms with Crippen molar-refractivity contribution in [3.8, 4) is 5.75 Å². The van der Waals surface area contributed by atoms with E-state index in [0.29, 0.717) is 5.02 Å². The quantitative estimate of drug-likeness (QED) is 0.686. The largest absolute Gasteiger partial charge is 0.493 e. The molecule has 1 atom stereocenters. The highest BCUT2D eigenvalue weighted by atomic mass is 35.5. The molecule has 1 saturated heterocycles. The number of hydrogen-bond acceptors (Lipinski definition) is 2. The third-order valence-corrected chi connectivity index (χ3v) is 6.18. The van der Waals surface area contributed by atoms with E-state index < -0.39 is 0 Å². The predicted octanol–water partition coefficient (Wildman–Crippen LogP) is 0.586. The van der Waals surface area contributed by atoms with E-state index in [1.54, 1.807) is 17.0 Å². The second-order valence-electron chi connectivity index (χ2n) is 7.84. The minimum Gasteiger partial charge on any atom is -0.493 e. The van der Waals surface area contributed by atoms with Crippen LogP contribution in [-0.2, 0) is 17.8 Å². The molecule has 28 heavy (non-hydrogen) atoms. The van der Waals surface area contributed by atoms with E-state index in [4.69, 9.17) is 16.3 Å². The second kappa shape index (κ2) is 8.52. The molecule has 2 aliphatic heterocycles. The van der Waals surface area contributed by atoms with Crippen molar-refractivity contribution in [2.45, 2.75) is 25.9 Å². The highest BCUT2D eigenvalue weighted by molar-refractivity contribution is 6.30. The molecule has 1 fully saturated rings. The van der Waals surface area contributed by atoms with Gasteiger partial charge in [0.1, 0.15) is 38.5 Å². The van der Waals surface area contributed by atoms with Crippen molar-refractivity contribution in [1.82, 2.24) is 0 Å². The van der Waals surface area contributed by atoms with Gasteiger partial charge in [0, 0.05) is 22.7 Å². The number of ether oxygens (including phenoxy) is 1. The van der Waals surface area contributed by atoms with Crippen LogP contribution >= 0.6 is 11.6 Å². The van der Waals surface area contributed by atoms with Crippen LogP contribution in [0, 0.1) is 0 Å². The Kier molecular flexibility index (Phi) is 5.85. The Morgan fingerprint density at radius 1 is 1.14 bits per heavy atom. The summed E-state index contributed by atoms with van der Waals surface area (Å²) in [4.78, 5) is 15.5. The summed E-state index contributed by atoms with van der Waals surface area (Å²) in [6.07, 6.45) is 1.02. The van der Waals surface area contributed by atoms with E-state index in [9.17, 15) is 4.79 Å². The lowest BCUT2D eigenvalue weighted by atomic mass is 10.1. The summed E-state index contributed by atoms with van der Waals surface area (Å²) in [5.74, 6) is 1.12. The third kappa shape index (κ3) is 4.49. The monoisotopic (exact) mass is 401 g/mol. The van der Waals surface area contributed by atoms with Crippen molar-refractivity contribution in [3.63, 3.8) is 0 Å². The molecule has 2 aromatic rings. The van der Waals surface area contributed by atoms with E-state index in [1.807, 2.05) is 19.1 Å². The van der Waals surface area contributed by atoms with Gasteiger partial charge in [-0.2, -0.15) is 0 Å². The minimum atomic E-state index is -0.0608. The standard InChI is InChI=1S/C22H26ClN3O2/c1-16(22(27)24-20-5-3-19(23)4-6-20)26-11-9-25(10-12-26)15-17-2-7-21-18(14-17)8-13-28-21/h2-7,14,16H,8-13,15H2,1H3,(H,24,27)/p+2/t16-/m0/s1. The summed E-state index contributed by atoms with van der Waals surface area (Å²) < 4.78 is 5.60. The Morgan fingerprint density at radius 2 is 1.89 bits per heavy atom. The fourth-order valence-electron chi connectivity index (χ4n) is 4.14. The molecule has 0 unspecified atom stereocenters. The number of nitrogens with one attached hydrogen (secondary N) is 3. The van der Waals surface area contributed by atoms with E-state index in [-0.39, 0.29) is 11.9 Å². The molecule has 0 bridgehead atoms. The van der Waals surface area contributed by atoms with Crippen LogP contribution in [0.15, 0.2) is 42.5 Å². The van der Waals surface area contributed by atoms with Crippen molar-refractivity contribution in [2.75, 3.05) is 38.1 Å². The van der Waals surface area contributed by atoms with Crippen molar-refractivity contribution in [2.24, 2.45) is 0 Å². The number of amides is 1. The number of benzene rings is 2. The average Bonchev–Trinajstić information content (AvgIpc) is 3.17. The van der Waals surface area contributed by atoms with Gasteiger partial charge in [-0.3, -0.25) is 4.79 Å². The van der Waals surface area contributed by atoms with Gasteiger partial charge in [0.25, 0.3) is 5.91 Å². The summed E-state index contributed by atoms with van der Waals surface area (Å²) in [6, 6.07) is 13.8. The smallest absolute Gasteiger partial charge is 0.282 e. The van der Waals surface area contributed by atoms with Crippen LogP contribution in [0.3, 0.4) is 0 Å². The molecule has 0 saturated carbocycles. The zero-order valence-electron chi connectivity index (χ0n) is 16.3. The van der Waals surface area contributed by atoms with Crippen molar-refractivity contribution in [1.29, 1.82) is 0 Å². The summed E-state index contributed by atoms with van der Waals surface area (Å²) >= 11 is 5.91. The lowest BCUT2D eigenvalue weighted by molar-refractivity contribution is -1.02. The van der Waals surface area contributed by atoms with E-state index in [1.165, 1.54) is 16.0 Å². The third-order valence-electron chi connectivity index (χ3n) is 5.92. The van der Waals surface area contributed by atoms with Gasteiger partial charge in [-0.05, 0) is 55.0 Å². The second-order valence-corrected chi connectivity index (χ2v) is 8.28. The van der Waals surface area contributed by atoms with Gasteiger partial charge in [-0.1, -0.05) is 11.6 Å². The molecular weight excluding hydrogens is 374 g/mol. The molecule has 3 N–H and O–H groups in total. The Morgan fingerprint density at radius 3 is 2.64 bits per heavy atom. The zero-order chi connectivity index (χ0) is 19.5. The predicted molar refractivity (Wildman–Crippen MR) is 110 cm³/mol. The van der Waals surface area contributed by atoms with Crippen LogP contribution < -0.4 is 19.9 Å².